The number of rotatable bonds is 4. The molecule has 1 fully saturated rings. The number of carboxylic acids is 1. The second kappa shape index (κ2) is 3.83. The van der Waals surface area contributed by atoms with Crippen molar-refractivity contribution in [1.29, 1.82) is 0 Å². The Kier molecular flexibility index (Phi) is 2.72. The van der Waals surface area contributed by atoms with E-state index >= 15 is 0 Å². The largest absolute Gasteiger partial charge is 0.477 e. The molecule has 94 valence electrons. The molecule has 0 saturated carbocycles. The highest BCUT2D eigenvalue weighted by Gasteiger charge is 2.38. The molecule has 1 aliphatic heterocycles. The van der Waals surface area contributed by atoms with Crippen LogP contribution in [0, 0.1) is 0 Å². The van der Waals surface area contributed by atoms with Crippen LogP contribution in [0.3, 0.4) is 0 Å². The van der Waals surface area contributed by atoms with Gasteiger partial charge >= 0.3 is 5.97 Å². The number of hydrogen-bond acceptors (Lipinski definition) is 4. The van der Waals surface area contributed by atoms with Crippen molar-refractivity contribution in [3.05, 3.63) is 18.0 Å². The van der Waals surface area contributed by atoms with E-state index in [9.17, 15) is 13.2 Å². The summed E-state index contributed by atoms with van der Waals surface area (Å²) in [5, 5.41) is 8.69. The maximum absolute atomic E-state index is 11.9. The van der Waals surface area contributed by atoms with E-state index in [1.54, 1.807) is 6.92 Å². The zero-order valence-electron chi connectivity index (χ0n) is 9.06. The van der Waals surface area contributed by atoms with Gasteiger partial charge in [0.1, 0.15) is 10.6 Å². The van der Waals surface area contributed by atoms with E-state index in [1.165, 1.54) is 0 Å². The van der Waals surface area contributed by atoms with E-state index in [4.69, 9.17) is 9.84 Å². The third kappa shape index (κ3) is 2.33. The van der Waals surface area contributed by atoms with E-state index in [-0.39, 0.29) is 10.6 Å². The number of aromatic carboxylic acids is 1. The van der Waals surface area contributed by atoms with Gasteiger partial charge in [0.25, 0.3) is 0 Å². The minimum absolute atomic E-state index is 0.0944. The molecule has 0 radical (unpaired) electrons. The van der Waals surface area contributed by atoms with Gasteiger partial charge in [0, 0.05) is 6.20 Å². The minimum Gasteiger partial charge on any atom is -0.477 e. The monoisotopic (exact) mass is 260 g/mol. The summed E-state index contributed by atoms with van der Waals surface area (Å²) in [6, 6.07) is 1.08. The third-order valence-electron chi connectivity index (χ3n) is 2.42. The fourth-order valence-electron chi connectivity index (χ4n) is 1.50. The Morgan fingerprint density at radius 2 is 2.24 bits per heavy atom. The molecule has 7 nitrogen and oxygen atoms in total. The quantitative estimate of drug-likeness (QED) is 0.693. The van der Waals surface area contributed by atoms with Gasteiger partial charge < -0.3 is 14.8 Å². The number of nitrogens with one attached hydrogen (secondary N) is 2. The first-order valence-electron chi connectivity index (χ1n) is 4.86. The van der Waals surface area contributed by atoms with Crippen LogP contribution in [0.2, 0.25) is 0 Å². The Morgan fingerprint density at radius 3 is 2.65 bits per heavy atom. The van der Waals surface area contributed by atoms with Crippen LogP contribution in [0.4, 0.5) is 0 Å². The molecule has 0 bridgehead atoms. The number of sulfonamides is 1. The Morgan fingerprint density at radius 1 is 1.59 bits per heavy atom. The molecule has 2 heterocycles. The summed E-state index contributed by atoms with van der Waals surface area (Å²) in [6.45, 7) is 2.34. The highest BCUT2D eigenvalue weighted by molar-refractivity contribution is 7.89. The number of H-pyrrole nitrogens is 1. The summed E-state index contributed by atoms with van der Waals surface area (Å²) in [7, 11) is -3.72. The number of carbonyl (C=O) groups is 1. The van der Waals surface area contributed by atoms with Crippen LogP contribution in [0.1, 0.15) is 17.4 Å². The van der Waals surface area contributed by atoms with Gasteiger partial charge in [0.15, 0.2) is 0 Å². The van der Waals surface area contributed by atoms with E-state index in [0.717, 1.165) is 12.3 Å². The van der Waals surface area contributed by atoms with E-state index in [2.05, 4.69) is 9.71 Å². The van der Waals surface area contributed by atoms with Gasteiger partial charge in [-0.1, -0.05) is 0 Å². The Balaban J connectivity index is 2.22. The Bertz CT molecular complexity index is 543. The summed E-state index contributed by atoms with van der Waals surface area (Å²) >= 11 is 0. The molecule has 17 heavy (non-hydrogen) atoms. The smallest absolute Gasteiger partial charge is 0.352 e. The summed E-state index contributed by atoms with van der Waals surface area (Å²) in [5.41, 5.74) is -0.778. The maximum Gasteiger partial charge on any atom is 0.352 e. The number of hydrogen-bond donors (Lipinski definition) is 3. The molecule has 1 aromatic rings. The summed E-state index contributed by atoms with van der Waals surface area (Å²) in [5.74, 6) is -1.20. The average Bonchev–Trinajstić information content (AvgIpc) is 2.63. The predicted molar refractivity (Wildman–Crippen MR) is 57.3 cm³/mol. The van der Waals surface area contributed by atoms with Crippen molar-refractivity contribution in [2.45, 2.75) is 17.4 Å². The lowest BCUT2D eigenvalue weighted by Gasteiger charge is -2.38. The number of aromatic amines is 1. The van der Waals surface area contributed by atoms with Crippen molar-refractivity contribution >= 4 is 16.0 Å². The molecule has 1 aliphatic rings. The van der Waals surface area contributed by atoms with Gasteiger partial charge in [-0.25, -0.2) is 17.9 Å². The molecule has 3 N–H and O–H groups in total. The maximum atomic E-state index is 11.9. The van der Waals surface area contributed by atoms with Gasteiger partial charge in [-0.3, -0.25) is 0 Å². The van der Waals surface area contributed by atoms with Crippen LogP contribution in [0.25, 0.3) is 0 Å². The first kappa shape index (κ1) is 12.1. The van der Waals surface area contributed by atoms with Gasteiger partial charge in [0.2, 0.25) is 10.0 Å². The van der Waals surface area contributed by atoms with Crippen LogP contribution in [0.15, 0.2) is 17.2 Å². The highest BCUT2D eigenvalue weighted by Crippen LogP contribution is 2.20. The lowest BCUT2D eigenvalue weighted by atomic mass is 10.0. The fourth-order valence-corrected chi connectivity index (χ4v) is 2.88. The molecular formula is C9H12N2O5S. The van der Waals surface area contributed by atoms with Crippen molar-refractivity contribution in [2.75, 3.05) is 13.2 Å². The standard InChI is InChI=1S/C9H12N2O5S/c1-9(4-16-5-9)11-17(14,15)6-2-7(8(12)13)10-3-6/h2-3,10-11H,4-5H2,1H3,(H,12,13). The number of ether oxygens (including phenoxy) is 1. The SMILES string of the molecule is CC1(NS(=O)(=O)c2c[nH]c(C(=O)O)c2)COC1. The van der Waals surface area contributed by atoms with E-state index < -0.39 is 21.5 Å². The second-order valence-electron chi connectivity index (χ2n) is 4.21. The van der Waals surface area contributed by atoms with Crippen LogP contribution < -0.4 is 4.72 Å². The summed E-state index contributed by atoms with van der Waals surface area (Å²) < 4.78 is 31.2. The first-order chi connectivity index (χ1) is 7.82. The van der Waals surface area contributed by atoms with E-state index in [1.807, 2.05) is 0 Å². The van der Waals surface area contributed by atoms with Crippen LogP contribution in [0.5, 0.6) is 0 Å². The number of aromatic nitrogens is 1. The minimum atomic E-state index is -3.72. The zero-order valence-corrected chi connectivity index (χ0v) is 9.87. The highest BCUT2D eigenvalue weighted by atomic mass is 32.2. The predicted octanol–water partition coefficient (Wildman–Crippen LogP) is -0.220. The van der Waals surface area contributed by atoms with Crippen molar-refractivity contribution in [1.82, 2.24) is 9.71 Å². The molecule has 0 atom stereocenters. The van der Waals surface area contributed by atoms with Crippen molar-refractivity contribution in [3.63, 3.8) is 0 Å². The van der Waals surface area contributed by atoms with Gasteiger partial charge in [-0.05, 0) is 13.0 Å². The van der Waals surface area contributed by atoms with E-state index in [0.29, 0.717) is 13.2 Å². The number of carboxylic acid groups (broad SMARTS) is 1. The van der Waals surface area contributed by atoms with Crippen molar-refractivity contribution in [3.8, 4) is 0 Å². The van der Waals surface area contributed by atoms with Crippen molar-refractivity contribution in [2.24, 2.45) is 0 Å². The van der Waals surface area contributed by atoms with Gasteiger partial charge in [0.05, 0.1) is 18.8 Å². The van der Waals surface area contributed by atoms with Crippen LogP contribution in [-0.2, 0) is 14.8 Å². The lowest BCUT2D eigenvalue weighted by Crippen LogP contribution is -2.59. The summed E-state index contributed by atoms with van der Waals surface area (Å²) in [4.78, 5) is 12.9. The van der Waals surface area contributed by atoms with Crippen LogP contribution >= 0.6 is 0 Å². The topological polar surface area (TPSA) is 108 Å². The normalized spacial score (nSPS) is 18.6. The molecule has 0 spiro atoms. The second-order valence-corrected chi connectivity index (χ2v) is 5.90. The molecule has 1 aromatic heterocycles. The molecule has 0 amide bonds. The molecule has 8 heteroatoms. The molecule has 1 saturated heterocycles. The Hall–Kier alpha value is -1.38. The summed E-state index contributed by atoms with van der Waals surface area (Å²) in [6.07, 6.45) is 1.15. The van der Waals surface area contributed by atoms with Gasteiger partial charge in [-0.15, -0.1) is 0 Å². The molecule has 0 aliphatic carbocycles. The molecule has 0 aromatic carbocycles. The molecule has 0 unspecified atom stereocenters. The zero-order chi connectivity index (χ0) is 12.7. The molecular weight excluding hydrogens is 248 g/mol. The third-order valence-corrected chi connectivity index (χ3v) is 4.04. The van der Waals surface area contributed by atoms with Crippen molar-refractivity contribution < 1.29 is 23.1 Å². The Labute approximate surface area is 97.8 Å². The lowest BCUT2D eigenvalue weighted by molar-refractivity contribution is -0.0523. The first-order valence-corrected chi connectivity index (χ1v) is 6.34. The van der Waals surface area contributed by atoms with Gasteiger partial charge in [-0.2, -0.15) is 0 Å². The molecule has 2 rings (SSSR count). The average molecular weight is 260 g/mol. The van der Waals surface area contributed by atoms with Crippen LogP contribution in [-0.4, -0.2) is 43.2 Å². The fraction of sp³-hybridized carbons (Fsp3) is 0.444.